The fraction of sp³-hybridized carbons (Fsp3) is 0.647. The van der Waals surface area contributed by atoms with Crippen LogP contribution in [0, 0.1) is 11.3 Å². The number of benzene rings is 1. The maximum atomic E-state index is 2.32. The molecule has 0 amide bonds. The second-order valence-corrected chi connectivity index (χ2v) is 6.76. The smallest absolute Gasteiger partial charge is 0.0142 e. The van der Waals surface area contributed by atoms with Gasteiger partial charge in [0.1, 0.15) is 0 Å². The van der Waals surface area contributed by atoms with E-state index < -0.39 is 0 Å². The van der Waals surface area contributed by atoms with Crippen LogP contribution in [0.5, 0.6) is 0 Å². The summed E-state index contributed by atoms with van der Waals surface area (Å²) in [6.45, 7) is 13.8. The average Bonchev–Trinajstić information content (AvgIpc) is 2.25. The molecule has 1 aromatic carbocycles. The third kappa shape index (κ3) is 4.53. The van der Waals surface area contributed by atoms with E-state index in [1.807, 2.05) is 0 Å². The van der Waals surface area contributed by atoms with E-state index >= 15 is 0 Å². The van der Waals surface area contributed by atoms with Crippen molar-refractivity contribution in [3.8, 4) is 0 Å². The summed E-state index contributed by atoms with van der Waals surface area (Å²) in [5.74, 6) is 1.41. The maximum absolute atomic E-state index is 2.32. The molecule has 0 heterocycles. The molecule has 0 heteroatoms. The monoisotopic (exact) mass is 232 g/mol. The molecule has 1 atom stereocenters. The van der Waals surface area contributed by atoms with E-state index in [4.69, 9.17) is 0 Å². The Morgan fingerprint density at radius 2 is 1.47 bits per heavy atom. The second-order valence-electron chi connectivity index (χ2n) is 6.76. The minimum Gasteiger partial charge on any atom is -0.0628 e. The molecule has 0 spiro atoms. The Labute approximate surface area is 107 Å². The van der Waals surface area contributed by atoms with E-state index in [1.165, 1.54) is 24.0 Å². The first-order chi connectivity index (χ1) is 7.80. The normalized spacial score (nSPS) is 14.1. The van der Waals surface area contributed by atoms with Crippen molar-refractivity contribution in [1.29, 1.82) is 0 Å². The molecular weight excluding hydrogens is 204 g/mol. The van der Waals surface area contributed by atoms with Crippen LogP contribution in [0.1, 0.15) is 65.0 Å². The Kier molecular flexibility index (Phi) is 4.80. The molecule has 0 fully saturated rings. The lowest BCUT2D eigenvalue weighted by molar-refractivity contribution is 0.339. The highest BCUT2D eigenvalue weighted by Gasteiger charge is 2.21. The molecule has 0 bridgehead atoms. The summed E-state index contributed by atoms with van der Waals surface area (Å²) in [6, 6.07) is 9.23. The first-order valence-corrected chi connectivity index (χ1v) is 6.89. The number of hydrogen-bond donors (Lipinski definition) is 0. The highest BCUT2D eigenvalue weighted by atomic mass is 14.3. The molecule has 0 aliphatic heterocycles. The van der Waals surface area contributed by atoms with E-state index in [0.717, 1.165) is 5.92 Å². The topological polar surface area (TPSA) is 0 Å². The Hall–Kier alpha value is -0.780. The van der Waals surface area contributed by atoms with Gasteiger partial charge in [0.15, 0.2) is 0 Å². The zero-order valence-corrected chi connectivity index (χ0v) is 12.4. The Bertz CT molecular complexity index is 324. The molecule has 1 rings (SSSR count). The third-order valence-electron chi connectivity index (χ3n) is 3.79. The van der Waals surface area contributed by atoms with Gasteiger partial charge in [-0.25, -0.2) is 0 Å². The van der Waals surface area contributed by atoms with Gasteiger partial charge >= 0.3 is 0 Å². The summed E-state index contributed by atoms with van der Waals surface area (Å²) in [7, 11) is 0. The van der Waals surface area contributed by atoms with Crippen LogP contribution in [0.3, 0.4) is 0 Å². The zero-order valence-electron chi connectivity index (χ0n) is 12.4. The van der Waals surface area contributed by atoms with Gasteiger partial charge in [0.05, 0.1) is 0 Å². The molecule has 0 N–H and O–H groups in total. The first-order valence-electron chi connectivity index (χ1n) is 6.89. The van der Waals surface area contributed by atoms with E-state index in [9.17, 15) is 0 Å². The molecule has 0 aliphatic carbocycles. The van der Waals surface area contributed by atoms with Crippen molar-refractivity contribution in [3.05, 3.63) is 35.4 Å². The minimum atomic E-state index is 0.347. The predicted molar refractivity (Wildman–Crippen MR) is 77.5 cm³/mol. The van der Waals surface area contributed by atoms with Gasteiger partial charge in [-0.2, -0.15) is 0 Å². The fourth-order valence-electron chi connectivity index (χ4n) is 1.93. The van der Waals surface area contributed by atoms with E-state index in [0.29, 0.717) is 11.3 Å². The summed E-state index contributed by atoms with van der Waals surface area (Å²) in [5, 5.41) is 0. The summed E-state index contributed by atoms with van der Waals surface area (Å²) < 4.78 is 0. The van der Waals surface area contributed by atoms with E-state index in [1.54, 1.807) is 0 Å². The summed E-state index contributed by atoms with van der Waals surface area (Å²) >= 11 is 0. The SMILES string of the molecule is CC(C)CCc1ccc(C(C)C(C)(C)C)cc1. The van der Waals surface area contributed by atoms with Gasteiger partial charge in [0.25, 0.3) is 0 Å². The zero-order chi connectivity index (χ0) is 13.1. The van der Waals surface area contributed by atoms with Crippen molar-refractivity contribution in [1.82, 2.24) is 0 Å². The molecule has 0 aromatic heterocycles. The standard InChI is InChI=1S/C17H28/c1-13(2)7-8-15-9-11-16(12-10-15)14(3)17(4,5)6/h9-14H,7-8H2,1-6H3. The maximum Gasteiger partial charge on any atom is -0.0142 e. The summed E-state index contributed by atoms with van der Waals surface area (Å²) in [4.78, 5) is 0. The molecule has 96 valence electrons. The highest BCUT2D eigenvalue weighted by Crippen LogP contribution is 2.34. The number of rotatable bonds is 4. The van der Waals surface area contributed by atoms with Gasteiger partial charge in [-0.1, -0.05) is 65.8 Å². The van der Waals surface area contributed by atoms with Crippen LogP contribution in [0.15, 0.2) is 24.3 Å². The fourth-order valence-corrected chi connectivity index (χ4v) is 1.93. The number of hydrogen-bond acceptors (Lipinski definition) is 0. The molecule has 0 aliphatic rings. The van der Waals surface area contributed by atoms with Crippen LogP contribution < -0.4 is 0 Å². The van der Waals surface area contributed by atoms with Gasteiger partial charge < -0.3 is 0 Å². The van der Waals surface area contributed by atoms with Crippen molar-refractivity contribution < 1.29 is 0 Å². The lowest BCUT2D eigenvalue weighted by Crippen LogP contribution is -2.15. The van der Waals surface area contributed by atoms with E-state index in [-0.39, 0.29) is 0 Å². The van der Waals surface area contributed by atoms with E-state index in [2.05, 4.69) is 65.8 Å². The largest absolute Gasteiger partial charge is 0.0628 e. The predicted octanol–water partition coefficient (Wildman–Crippen LogP) is 5.42. The van der Waals surface area contributed by atoms with Gasteiger partial charge in [-0.3, -0.25) is 0 Å². The number of aryl methyl sites for hydroxylation is 1. The third-order valence-corrected chi connectivity index (χ3v) is 3.79. The van der Waals surface area contributed by atoms with Gasteiger partial charge in [0, 0.05) is 0 Å². The van der Waals surface area contributed by atoms with Gasteiger partial charge in [-0.15, -0.1) is 0 Å². The molecule has 0 saturated heterocycles. The quantitative estimate of drug-likeness (QED) is 0.650. The molecule has 17 heavy (non-hydrogen) atoms. The van der Waals surface area contributed by atoms with Crippen LogP contribution >= 0.6 is 0 Å². The average molecular weight is 232 g/mol. The van der Waals surface area contributed by atoms with Crippen LogP contribution in [-0.4, -0.2) is 0 Å². The Morgan fingerprint density at radius 1 is 0.941 bits per heavy atom. The van der Waals surface area contributed by atoms with Crippen molar-refractivity contribution in [2.24, 2.45) is 11.3 Å². The Morgan fingerprint density at radius 3 is 1.88 bits per heavy atom. The molecule has 1 unspecified atom stereocenters. The van der Waals surface area contributed by atoms with Crippen LogP contribution in [0.4, 0.5) is 0 Å². The Balaban J connectivity index is 2.68. The van der Waals surface area contributed by atoms with Crippen molar-refractivity contribution in [2.45, 2.75) is 60.3 Å². The lowest BCUT2D eigenvalue weighted by Gasteiger charge is -2.27. The van der Waals surface area contributed by atoms with Gasteiger partial charge in [-0.05, 0) is 41.2 Å². The van der Waals surface area contributed by atoms with Crippen molar-refractivity contribution in [2.75, 3.05) is 0 Å². The molecule has 1 aromatic rings. The molecule has 0 nitrogen and oxygen atoms in total. The molecule has 0 radical (unpaired) electrons. The van der Waals surface area contributed by atoms with Crippen molar-refractivity contribution >= 4 is 0 Å². The van der Waals surface area contributed by atoms with Gasteiger partial charge in [0.2, 0.25) is 0 Å². The minimum absolute atomic E-state index is 0.347. The summed E-state index contributed by atoms with van der Waals surface area (Å²) in [6.07, 6.45) is 2.50. The van der Waals surface area contributed by atoms with Crippen LogP contribution in [0.2, 0.25) is 0 Å². The molecule has 0 saturated carbocycles. The lowest BCUT2D eigenvalue weighted by atomic mass is 9.77. The highest BCUT2D eigenvalue weighted by molar-refractivity contribution is 5.26. The van der Waals surface area contributed by atoms with Crippen molar-refractivity contribution in [3.63, 3.8) is 0 Å². The second kappa shape index (κ2) is 5.71. The van der Waals surface area contributed by atoms with Crippen LogP contribution in [0.25, 0.3) is 0 Å². The summed E-state index contributed by atoms with van der Waals surface area (Å²) in [5.41, 5.74) is 3.29. The van der Waals surface area contributed by atoms with Crippen LogP contribution in [-0.2, 0) is 6.42 Å². The first kappa shape index (κ1) is 14.3. The molecular formula is C17H28.